The maximum absolute atomic E-state index is 12.5. The van der Waals surface area contributed by atoms with Gasteiger partial charge in [0.1, 0.15) is 6.04 Å². The standard InChI is InChI=1S/C15H19NO3/c1-10-7-11(2)9-12(8-10)14(17)16-6-4-3-5-13(16)15(18)19/h7-9,13H,3-6H2,1-2H3,(H,18,19)/t13-/m1/s1. The second-order valence-electron chi connectivity index (χ2n) is 5.22. The van der Waals surface area contributed by atoms with Crippen molar-refractivity contribution in [1.82, 2.24) is 4.90 Å². The van der Waals surface area contributed by atoms with Crippen LogP contribution in [0.1, 0.15) is 40.7 Å². The molecule has 1 aromatic carbocycles. The van der Waals surface area contributed by atoms with Crippen LogP contribution in [0.15, 0.2) is 18.2 Å². The van der Waals surface area contributed by atoms with Gasteiger partial charge in [-0.3, -0.25) is 4.79 Å². The van der Waals surface area contributed by atoms with Crippen LogP contribution in [-0.4, -0.2) is 34.5 Å². The largest absolute Gasteiger partial charge is 0.480 e. The van der Waals surface area contributed by atoms with Crippen molar-refractivity contribution in [2.45, 2.75) is 39.2 Å². The number of amides is 1. The van der Waals surface area contributed by atoms with Crippen molar-refractivity contribution in [2.75, 3.05) is 6.54 Å². The Labute approximate surface area is 113 Å². The summed E-state index contributed by atoms with van der Waals surface area (Å²) in [5.74, 6) is -1.07. The van der Waals surface area contributed by atoms with E-state index in [-0.39, 0.29) is 5.91 Å². The molecule has 0 bridgehead atoms. The molecule has 1 saturated heterocycles. The minimum atomic E-state index is -0.905. The van der Waals surface area contributed by atoms with Crippen molar-refractivity contribution in [1.29, 1.82) is 0 Å². The molecule has 1 aliphatic heterocycles. The molecule has 1 heterocycles. The number of carbonyl (C=O) groups excluding carboxylic acids is 1. The fourth-order valence-corrected chi connectivity index (χ4v) is 2.70. The van der Waals surface area contributed by atoms with E-state index in [1.165, 1.54) is 4.90 Å². The molecule has 0 aliphatic carbocycles. The van der Waals surface area contributed by atoms with Gasteiger partial charge in [0.15, 0.2) is 0 Å². The zero-order valence-corrected chi connectivity index (χ0v) is 11.3. The van der Waals surface area contributed by atoms with Gasteiger partial charge >= 0.3 is 5.97 Å². The lowest BCUT2D eigenvalue weighted by molar-refractivity contribution is -0.143. The molecular formula is C15H19NO3. The quantitative estimate of drug-likeness (QED) is 0.889. The molecule has 0 unspecified atom stereocenters. The Bertz CT molecular complexity index is 490. The first-order valence-corrected chi connectivity index (χ1v) is 6.61. The zero-order chi connectivity index (χ0) is 14.0. The second-order valence-corrected chi connectivity index (χ2v) is 5.22. The van der Waals surface area contributed by atoms with Crippen molar-refractivity contribution >= 4 is 11.9 Å². The lowest BCUT2D eigenvalue weighted by Gasteiger charge is -2.33. The number of rotatable bonds is 2. The van der Waals surface area contributed by atoms with Crippen molar-refractivity contribution in [3.63, 3.8) is 0 Å². The van der Waals surface area contributed by atoms with Gasteiger partial charge in [0.25, 0.3) is 5.91 Å². The van der Waals surface area contributed by atoms with Gasteiger partial charge in [-0.1, -0.05) is 17.2 Å². The molecule has 0 spiro atoms. The Morgan fingerprint density at radius 1 is 1.16 bits per heavy atom. The number of benzene rings is 1. The Morgan fingerprint density at radius 2 is 1.79 bits per heavy atom. The maximum Gasteiger partial charge on any atom is 0.326 e. The number of hydrogen-bond donors (Lipinski definition) is 1. The Balaban J connectivity index is 2.28. The Hall–Kier alpha value is -1.84. The number of aliphatic carboxylic acids is 1. The number of carboxylic acid groups (broad SMARTS) is 1. The minimum Gasteiger partial charge on any atom is -0.480 e. The summed E-state index contributed by atoms with van der Waals surface area (Å²) in [5.41, 5.74) is 2.63. The highest BCUT2D eigenvalue weighted by molar-refractivity contribution is 5.97. The van der Waals surface area contributed by atoms with E-state index in [4.69, 9.17) is 0 Å². The Kier molecular flexibility index (Phi) is 3.88. The molecule has 1 fully saturated rings. The number of likely N-dealkylation sites (tertiary alicyclic amines) is 1. The topological polar surface area (TPSA) is 57.6 Å². The molecule has 102 valence electrons. The highest BCUT2D eigenvalue weighted by Gasteiger charge is 2.32. The lowest BCUT2D eigenvalue weighted by atomic mass is 9.99. The van der Waals surface area contributed by atoms with Crippen LogP contribution in [-0.2, 0) is 4.79 Å². The molecule has 1 N–H and O–H groups in total. The van der Waals surface area contributed by atoms with Gasteiger partial charge in [0.2, 0.25) is 0 Å². The summed E-state index contributed by atoms with van der Waals surface area (Å²) >= 11 is 0. The molecule has 2 rings (SSSR count). The van der Waals surface area contributed by atoms with Crippen LogP contribution in [0.25, 0.3) is 0 Å². The molecule has 4 nitrogen and oxygen atoms in total. The number of hydrogen-bond acceptors (Lipinski definition) is 2. The first-order chi connectivity index (χ1) is 8.99. The second kappa shape index (κ2) is 5.43. The summed E-state index contributed by atoms with van der Waals surface area (Å²) in [6.45, 7) is 4.41. The molecule has 1 atom stereocenters. The van der Waals surface area contributed by atoms with Crippen molar-refractivity contribution < 1.29 is 14.7 Å². The predicted octanol–water partition coefficient (Wildman–Crippen LogP) is 2.38. The van der Waals surface area contributed by atoms with E-state index in [2.05, 4.69) is 0 Å². The molecular weight excluding hydrogens is 242 g/mol. The van der Waals surface area contributed by atoms with Crippen LogP contribution in [0.5, 0.6) is 0 Å². The van der Waals surface area contributed by atoms with Crippen LogP contribution in [0.3, 0.4) is 0 Å². The van der Waals surface area contributed by atoms with Gasteiger partial charge in [-0.25, -0.2) is 4.79 Å². The molecule has 4 heteroatoms. The molecule has 0 radical (unpaired) electrons. The van der Waals surface area contributed by atoms with Gasteiger partial charge in [-0.2, -0.15) is 0 Å². The highest BCUT2D eigenvalue weighted by Crippen LogP contribution is 2.21. The number of nitrogens with zero attached hydrogens (tertiary/aromatic N) is 1. The van der Waals surface area contributed by atoms with Gasteiger partial charge in [-0.15, -0.1) is 0 Å². The smallest absolute Gasteiger partial charge is 0.326 e. The van der Waals surface area contributed by atoms with E-state index in [0.717, 1.165) is 24.0 Å². The lowest BCUT2D eigenvalue weighted by Crippen LogP contribution is -2.48. The van der Waals surface area contributed by atoms with E-state index >= 15 is 0 Å². The highest BCUT2D eigenvalue weighted by atomic mass is 16.4. The summed E-state index contributed by atoms with van der Waals surface area (Å²) < 4.78 is 0. The molecule has 1 aliphatic rings. The monoisotopic (exact) mass is 261 g/mol. The fourth-order valence-electron chi connectivity index (χ4n) is 2.70. The van der Waals surface area contributed by atoms with E-state index in [1.807, 2.05) is 32.0 Å². The third kappa shape index (κ3) is 2.95. The Morgan fingerprint density at radius 3 is 2.37 bits per heavy atom. The number of piperidine rings is 1. The van der Waals surface area contributed by atoms with Gasteiger partial charge in [-0.05, 0) is 45.2 Å². The number of aryl methyl sites for hydroxylation is 2. The first kappa shape index (κ1) is 13.6. The van der Waals surface area contributed by atoms with E-state index in [1.54, 1.807) is 0 Å². The normalized spacial score (nSPS) is 19.3. The van der Waals surface area contributed by atoms with Crippen LogP contribution in [0.4, 0.5) is 0 Å². The fraction of sp³-hybridized carbons (Fsp3) is 0.467. The summed E-state index contributed by atoms with van der Waals surface area (Å²) in [6, 6.07) is 4.97. The zero-order valence-electron chi connectivity index (χ0n) is 11.3. The van der Waals surface area contributed by atoms with Crippen molar-refractivity contribution in [2.24, 2.45) is 0 Å². The maximum atomic E-state index is 12.5. The van der Waals surface area contributed by atoms with Gasteiger partial charge in [0.05, 0.1) is 0 Å². The minimum absolute atomic E-state index is 0.168. The number of carboxylic acids is 1. The van der Waals surface area contributed by atoms with Crippen LogP contribution in [0, 0.1) is 13.8 Å². The molecule has 0 aromatic heterocycles. The van der Waals surface area contributed by atoms with Crippen LogP contribution in [0.2, 0.25) is 0 Å². The molecule has 0 saturated carbocycles. The first-order valence-electron chi connectivity index (χ1n) is 6.61. The number of carbonyl (C=O) groups is 2. The average Bonchev–Trinajstić information content (AvgIpc) is 2.36. The molecule has 19 heavy (non-hydrogen) atoms. The van der Waals surface area contributed by atoms with Crippen molar-refractivity contribution in [3.8, 4) is 0 Å². The van der Waals surface area contributed by atoms with E-state index < -0.39 is 12.0 Å². The van der Waals surface area contributed by atoms with Crippen LogP contribution < -0.4 is 0 Å². The van der Waals surface area contributed by atoms with Crippen molar-refractivity contribution in [3.05, 3.63) is 34.9 Å². The van der Waals surface area contributed by atoms with E-state index in [9.17, 15) is 14.7 Å². The third-order valence-corrected chi connectivity index (χ3v) is 3.52. The third-order valence-electron chi connectivity index (χ3n) is 3.52. The molecule has 1 aromatic rings. The van der Waals surface area contributed by atoms with Crippen LogP contribution >= 0.6 is 0 Å². The predicted molar refractivity (Wildman–Crippen MR) is 72.2 cm³/mol. The SMILES string of the molecule is Cc1cc(C)cc(C(=O)N2CCCC[C@@H]2C(=O)O)c1. The van der Waals surface area contributed by atoms with E-state index in [0.29, 0.717) is 18.5 Å². The summed E-state index contributed by atoms with van der Waals surface area (Å²) in [5, 5.41) is 9.22. The summed E-state index contributed by atoms with van der Waals surface area (Å²) in [7, 11) is 0. The van der Waals surface area contributed by atoms with Gasteiger partial charge in [0, 0.05) is 12.1 Å². The van der Waals surface area contributed by atoms with Gasteiger partial charge < -0.3 is 10.0 Å². The summed E-state index contributed by atoms with van der Waals surface area (Å²) in [4.78, 5) is 25.2. The average molecular weight is 261 g/mol. The summed E-state index contributed by atoms with van der Waals surface area (Å²) in [6.07, 6.45) is 2.29. The molecule has 1 amide bonds.